The summed E-state index contributed by atoms with van der Waals surface area (Å²) in [4.78, 5) is 22.7. The van der Waals surface area contributed by atoms with E-state index in [1.165, 1.54) is 136 Å². The number of rotatable bonds is 32. The van der Waals surface area contributed by atoms with Gasteiger partial charge in [0.1, 0.15) is 12.2 Å². The molecule has 0 bridgehead atoms. The fraction of sp³-hybridized carbons (Fsp3) is 0.846. The van der Waals surface area contributed by atoms with Crippen LogP contribution < -0.4 is 0 Å². The van der Waals surface area contributed by atoms with Crippen molar-refractivity contribution in [1.29, 1.82) is 0 Å². The van der Waals surface area contributed by atoms with E-state index in [1.54, 1.807) is 0 Å². The van der Waals surface area contributed by atoms with E-state index in [4.69, 9.17) is 9.47 Å². The van der Waals surface area contributed by atoms with Crippen LogP contribution in [0.5, 0.6) is 0 Å². The van der Waals surface area contributed by atoms with E-state index in [-0.39, 0.29) is 24.1 Å². The summed E-state index contributed by atoms with van der Waals surface area (Å²) in [5, 5.41) is 0. The van der Waals surface area contributed by atoms with Crippen LogP contribution in [0.4, 0.5) is 0 Å². The molecule has 2 unspecified atom stereocenters. The highest BCUT2D eigenvalue weighted by atomic mass is 16.5. The van der Waals surface area contributed by atoms with Gasteiger partial charge in [0.25, 0.3) is 0 Å². The molecular formula is C39H72O4. The van der Waals surface area contributed by atoms with Crippen LogP contribution in [0, 0.1) is 0 Å². The maximum atomic E-state index is 11.4. The highest BCUT2D eigenvalue weighted by molar-refractivity contribution is 5.66. The fourth-order valence-electron chi connectivity index (χ4n) is 5.72. The number of ether oxygens (including phenoxy) is 2. The molecule has 0 aliphatic carbocycles. The van der Waals surface area contributed by atoms with E-state index >= 15 is 0 Å². The van der Waals surface area contributed by atoms with Gasteiger partial charge in [-0.25, -0.2) is 0 Å². The zero-order valence-corrected chi connectivity index (χ0v) is 29.2. The highest BCUT2D eigenvalue weighted by Crippen LogP contribution is 2.16. The molecule has 0 amide bonds. The molecule has 252 valence electrons. The third-order valence-electron chi connectivity index (χ3n) is 8.30. The normalized spacial score (nSPS) is 13.1. The van der Waals surface area contributed by atoms with Crippen LogP contribution in [0.15, 0.2) is 24.3 Å². The Morgan fingerprint density at radius 2 is 0.744 bits per heavy atom. The minimum Gasteiger partial charge on any atom is -0.462 e. The molecule has 0 aromatic heterocycles. The molecule has 4 nitrogen and oxygen atoms in total. The number of unbranched alkanes of at least 4 members (excludes halogenated alkanes) is 20. The molecule has 0 fully saturated rings. The first kappa shape index (κ1) is 41.4. The van der Waals surface area contributed by atoms with Crippen molar-refractivity contribution in [2.45, 2.75) is 213 Å². The summed E-state index contributed by atoms with van der Waals surface area (Å²) in [6.45, 7) is 7.49. The average Bonchev–Trinajstić information content (AvgIpc) is 2.97. The number of esters is 2. The molecule has 0 spiro atoms. The lowest BCUT2D eigenvalue weighted by Crippen LogP contribution is -2.15. The quantitative estimate of drug-likeness (QED) is 0.0435. The van der Waals surface area contributed by atoms with Gasteiger partial charge in [0.05, 0.1) is 0 Å². The molecule has 0 N–H and O–H groups in total. The van der Waals surface area contributed by atoms with Gasteiger partial charge in [-0.15, -0.1) is 0 Å². The first-order valence-corrected chi connectivity index (χ1v) is 18.6. The molecule has 0 aromatic carbocycles. The van der Waals surface area contributed by atoms with Gasteiger partial charge in [-0.2, -0.15) is 0 Å². The standard InChI is InChI=1S/C39H72O4/c1-5-7-9-28-32-38(42-36(3)40)34-30-26-24-22-20-18-16-14-12-11-13-15-17-19-21-23-25-27-31-35-39(43-37(4)41)33-29-10-8-6-2/h26-27,30-31,38-39H,5-25,28-29,32-35H2,1-4H3. The zero-order chi connectivity index (χ0) is 31.6. The smallest absolute Gasteiger partial charge is 0.302 e. The summed E-state index contributed by atoms with van der Waals surface area (Å²) in [5.41, 5.74) is 0. The predicted molar refractivity (Wildman–Crippen MR) is 185 cm³/mol. The van der Waals surface area contributed by atoms with Crippen LogP contribution in [0.2, 0.25) is 0 Å². The molecule has 0 radical (unpaired) electrons. The fourth-order valence-corrected chi connectivity index (χ4v) is 5.72. The Balaban J connectivity index is 3.55. The van der Waals surface area contributed by atoms with Gasteiger partial charge in [-0.05, 0) is 51.4 Å². The zero-order valence-electron chi connectivity index (χ0n) is 29.2. The Morgan fingerprint density at radius 1 is 0.442 bits per heavy atom. The maximum Gasteiger partial charge on any atom is 0.302 e. The van der Waals surface area contributed by atoms with Gasteiger partial charge in [0.15, 0.2) is 0 Å². The van der Waals surface area contributed by atoms with Gasteiger partial charge < -0.3 is 9.47 Å². The molecule has 0 aliphatic rings. The molecule has 4 heteroatoms. The first-order valence-electron chi connectivity index (χ1n) is 18.6. The topological polar surface area (TPSA) is 52.6 Å². The van der Waals surface area contributed by atoms with Crippen molar-refractivity contribution in [3.8, 4) is 0 Å². The first-order chi connectivity index (χ1) is 21.0. The monoisotopic (exact) mass is 605 g/mol. The Bertz CT molecular complexity index is 612. The van der Waals surface area contributed by atoms with E-state index in [1.807, 2.05) is 0 Å². The minimum absolute atomic E-state index is 0.0583. The predicted octanol–water partition coefficient (Wildman–Crippen LogP) is 12.5. The summed E-state index contributed by atoms with van der Waals surface area (Å²) in [7, 11) is 0. The van der Waals surface area contributed by atoms with Gasteiger partial charge in [0, 0.05) is 26.7 Å². The highest BCUT2D eigenvalue weighted by Gasteiger charge is 2.10. The second-order valence-corrected chi connectivity index (χ2v) is 12.7. The SMILES string of the molecule is CCCCCCC(CC=CCCCCCCCCCCCCCCCC=CCC(CCCCCC)OC(C)=O)OC(C)=O. The van der Waals surface area contributed by atoms with Crippen molar-refractivity contribution < 1.29 is 19.1 Å². The summed E-state index contributed by atoms with van der Waals surface area (Å²) in [6, 6.07) is 0. The molecule has 2 atom stereocenters. The molecule has 0 aliphatic heterocycles. The second-order valence-electron chi connectivity index (χ2n) is 12.7. The van der Waals surface area contributed by atoms with Crippen LogP contribution in [0.3, 0.4) is 0 Å². The van der Waals surface area contributed by atoms with Crippen molar-refractivity contribution in [2.75, 3.05) is 0 Å². The van der Waals surface area contributed by atoms with Crippen molar-refractivity contribution in [3.63, 3.8) is 0 Å². The molecule has 0 heterocycles. The van der Waals surface area contributed by atoms with Crippen molar-refractivity contribution in [2.24, 2.45) is 0 Å². The lowest BCUT2D eigenvalue weighted by molar-refractivity contribution is -0.147. The number of hydrogen-bond donors (Lipinski definition) is 0. The number of hydrogen-bond acceptors (Lipinski definition) is 4. The van der Waals surface area contributed by atoms with E-state index in [2.05, 4.69) is 38.2 Å². The van der Waals surface area contributed by atoms with E-state index in [0.717, 1.165) is 51.4 Å². The summed E-state index contributed by atoms with van der Waals surface area (Å²) in [5.74, 6) is -0.303. The summed E-state index contributed by atoms with van der Waals surface area (Å²) >= 11 is 0. The van der Waals surface area contributed by atoms with E-state index in [9.17, 15) is 9.59 Å². The Morgan fingerprint density at radius 3 is 1.05 bits per heavy atom. The van der Waals surface area contributed by atoms with Gasteiger partial charge in [-0.1, -0.05) is 147 Å². The molecule has 0 aromatic rings. The van der Waals surface area contributed by atoms with Crippen molar-refractivity contribution in [1.82, 2.24) is 0 Å². The molecule has 0 saturated carbocycles. The maximum absolute atomic E-state index is 11.4. The number of carbonyl (C=O) groups is 2. The second kappa shape index (κ2) is 33.3. The minimum atomic E-state index is -0.152. The van der Waals surface area contributed by atoms with Crippen molar-refractivity contribution >= 4 is 11.9 Å². The van der Waals surface area contributed by atoms with Crippen LogP contribution in [0.1, 0.15) is 201 Å². The van der Waals surface area contributed by atoms with E-state index in [0.29, 0.717) is 0 Å². The third-order valence-corrected chi connectivity index (χ3v) is 8.30. The Kier molecular flexibility index (Phi) is 32.1. The number of allylic oxidation sites excluding steroid dienone is 2. The summed E-state index contributed by atoms with van der Waals surface area (Å²) < 4.78 is 11.0. The van der Waals surface area contributed by atoms with Crippen molar-refractivity contribution in [3.05, 3.63) is 24.3 Å². The Hall–Kier alpha value is -1.58. The average molecular weight is 605 g/mol. The van der Waals surface area contributed by atoms with Crippen LogP contribution in [-0.4, -0.2) is 24.1 Å². The lowest BCUT2D eigenvalue weighted by atomic mass is 10.0. The molecule has 0 saturated heterocycles. The Labute approximate surface area is 268 Å². The van der Waals surface area contributed by atoms with Crippen LogP contribution in [-0.2, 0) is 19.1 Å². The van der Waals surface area contributed by atoms with Gasteiger partial charge in [-0.3, -0.25) is 9.59 Å². The van der Waals surface area contributed by atoms with Gasteiger partial charge >= 0.3 is 11.9 Å². The van der Waals surface area contributed by atoms with Crippen LogP contribution >= 0.6 is 0 Å². The molecular weight excluding hydrogens is 532 g/mol. The number of carbonyl (C=O) groups excluding carboxylic acids is 2. The third kappa shape index (κ3) is 33.2. The van der Waals surface area contributed by atoms with E-state index < -0.39 is 0 Å². The molecule has 43 heavy (non-hydrogen) atoms. The van der Waals surface area contributed by atoms with Crippen LogP contribution in [0.25, 0.3) is 0 Å². The van der Waals surface area contributed by atoms with Gasteiger partial charge in [0.2, 0.25) is 0 Å². The molecule has 0 rings (SSSR count). The lowest BCUT2D eigenvalue weighted by Gasteiger charge is -2.15. The summed E-state index contributed by atoms with van der Waals surface area (Å²) in [6.07, 6.45) is 42.6. The largest absolute Gasteiger partial charge is 0.462 e.